The SMILES string of the molecule is CCn1c2ccccc2c2cc(NC(=O)c3cc(C)nc4ccc(F)cc34)ccc21. The van der Waals surface area contributed by atoms with Gasteiger partial charge in [0.15, 0.2) is 0 Å². The molecule has 0 aliphatic rings. The van der Waals surface area contributed by atoms with Crippen LogP contribution in [0, 0.1) is 12.7 Å². The van der Waals surface area contributed by atoms with E-state index in [1.54, 1.807) is 12.1 Å². The number of pyridine rings is 1. The zero-order chi connectivity index (χ0) is 20.8. The summed E-state index contributed by atoms with van der Waals surface area (Å²) in [5.41, 5.74) is 4.72. The van der Waals surface area contributed by atoms with Crippen molar-refractivity contribution in [2.75, 3.05) is 5.32 Å². The van der Waals surface area contributed by atoms with Gasteiger partial charge in [-0.25, -0.2) is 4.39 Å². The number of amides is 1. The zero-order valence-electron chi connectivity index (χ0n) is 16.7. The third-order valence-corrected chi connectivity index (χ3v) is 5.49. The molecule has 0 atom stereocenters. The van der Waals surface area contributed by atoms with Crippen LogP contribution in [-0.2, 0) is 6.54 Å². The Morgan fingerprint density at radius 2 is 1.77 bits per heavy atom. The first kappa shape index (κ1) is 18.3. The van der Waals surface area contributed by atoms with Crippen LogP contribution in [0.4, 0.5) is 10.1 Å². The number of aromatic nitrogens is 2. The number of nitrogens with zero attached hydrogens (tertiary/aromatic N) is 2. The number of aryl methyl sites for hydroxylation is 2. The number of fused-ring (bicyclic) bond motifs is 4. The smallest absolute Gasteiger partial charge is 0.256 e. The van der Waals surface area contributed by atoms with Gasteiger partial charge in [0.2, 0.25) is 0 Å². The highest BCUT2D eigenvalue weighted by molar-refractivity contribution is 6.14. The van der Waals surface area contributed by atoms with Gasteiger partial charge in [-0.2, -0.15) is 0 Å². The number of hydrogen-bond acceptors (Lipinski definition) is 2. The third-order valence-electron chi connectivity index (χ3n) is 5.49. The molecule has 5 rings (SSSR count). The number of halogens is 1. The summed E-state index contributed by atoms with van der Waals surface area (Å²) in [5.74, 6) is -0.675. The Labute approximate surface area is 173 Å². The summed E-state index contributed by atoms with van der Waals surface area (Å²) < 4.78 is 16.1. The van der Waals surface area contributed by atoms with Gasteiger partial charge in [-0.15, -0.1) is 0 Å². The Morgan fingerprint density at radius 3 is 2.60 bits per heavy atom. The van der Waals surface area contributed by atoms with E-state index in [2.05, 4.69) is 33.9 Å². The van der Waals surface area contributed by atoms with E-state index in [1.165, 1.54) is 17.6 Å². The van der Waals surface area contributed by atoms with Crippen LogP contribution >= 0.6 is 0 Å². The molecule has 3 aromatic carbocycles. The van der Waals surface area contributed by atoms with Crippen molar-refractivity contribution in [2.45, 2.75) is 20.4 Å². The monoisotopic (exact) mass is 397 g/mol. The van der Waals surface area contributed by atoms with Crippen molar-refractivity contribution in [2.24, 2.45) is 0 Å². The second kappa shape index (κ2) is 6.95. The predicted octanol–water partition coefficient (Wildman–Crippen LogP) is 6.06. The van der Waals surface area contributed by atoms with Crippen LogP contribution in [-0.4, -0.2) is 15.5 Å². The fourth-order valence-corrected chi connectivity index (χ4v) is 4.19. The maximum Gasteiger partial charge on any atom is 0.256 e. The van der Waals surface area contributed by atoms with Crippen molar-refractivity contribution in [1.82, 2.24) is 9.55 Å². The summed E-state index contributed by atoms with van der Waals surface area (Å²) in [6, 6.07) is 20.2. The van der Waals surface area contributed by atoms with Crippen molar-refractivity contribution in [3.8, 4) is 0 Å². The molecule has 0 radical (unpaired) electrons. The molecular weight excluding hydrogens is 377 g/mol. The number of rotatable bonds is 3. The van der Waals surface area contributed by atoms with Crippen LogP contribution in [0.25, 0.3) is 32.7 Å². The topological polar surface area (TPSA) is 46.9 Å². The van der Waals surface area contributed by atoms with Crippen LogP contribution in [0.2, 0.25) is 0 Å². The van der Waals surface area contributed by atoms with Gasteiger partial charge in [0, 0.05) is 45.1 Å². The summed E-state index contributed by atoms with van der Waals surface area (Å²) in [4.78, 5) is 17.5. The standard InChI is InChI=1S/C25H20FN3O/c1-3-29-23-7-5-4-6-18(23)20-14-17(9-11-24(20)29)28-25(30)21-12-15(2)27-22-10-8-16(26)13-19(21)22/h4-14H,3H2,1-2H3,(H,28,30). The van der Waals surface area contributed by atoms with E-state index < -0.39 is 5.82 Å². The van der Waals surface area contributed by atoms with Gasteiger partial charge in [-0.05, 0) is 62.4 Å². The average Bonchev–Trinajstić information content (AvgIpc) is 3.06. The van der Waals surface area contributed by atoms with Crippen LogP contribution in [0.5, 0.6) is 0 Å². The van der Waals surface area contributed by atoms with Crippen LogP contribution < -0.4 is 5.32 Å². The zero-order valence-corrected chi connectivity index (χ0v) is 16.7. The molecule has 4 nitrogen and oxygen atoms in total. The first-order valence-electron chi connectivity index (χ1n) is 9.94. The van der Waals surface area contributed by atoms with Gasteiger partial charge in [0.25, 0.3) is 5.91 Å². The molecule has 0 unspecified atom stereocenters. The minimum absolute atomic E-state index is 0.283. The van der Waals surface area contributed by atoms with Crippen molar-refractivity contribution >= 4 is 44.3 Å². The molecule has 1 N–H and O–H groups in total. The Kier molecular flexibility index (Phi) is 4.24. The van der Waals surface area contributed by atoms with E-state index in [9.17, 15) is 9.18 Å². The molecule has 0 bridgehead atoms. The van der Waals surface area contributed by atoms with Crippen molar-refractivity contribution in [3.63, 3.8) is 0 Å². The first-order valence-corrected chi connectivity index (χ1v) is 9.94. The van der Waals surface area contributed by atoms with E-state index in [4.69, 9.17) is 0 Å². The van der Waals surface area contributed by atoms with Gasteiger partial charge in [-0.3, -0.25) is 9.78 Å². The predicted molar refractivity (Wildman–Crippen MR) is 120 cm³/mol. The number of benzene rings is 3. The number of hydrogen-bond donors (Lipinski definition) is 1. The van der Waals surface area contributed by atoms with Crippen molar-refractivity contribution < 1.29 is 9.18 Å². The van der Waals surface area contributed by atoms with Crippen molar-refractivity contribution in [3.05, 3.63) is 83.8 Å². The van der Waals surface area contributed by atoms with Crippen LogP contribution in [0.15, 0.2) is 66.7 Å². The van der Waals surface area contributed by atoms with E-state index in [-0.39, 0.29) is 5.91 Å². The molecule has 5 aromatic rings. The highest BCUT2D eigenvalue weighted by Gasteiger charge is 2.15. The van der Waals surface area contributed by atoms with Crippen LogP contribution in [0.1, 0.15) is 23.0 Å². The number of nitrogens with one attached hydrogen (secondary N) is 1. The number of carbonyl (C=O) groups excluding carboxylic acids is 1. The molecule has 0 saturated heterocycles. The summed E-state index contributed by atoms with van der Waals surface area (Å²) in [5, 5.41) is 5.72. The Morgan fingerprint density at radius 1 is 0.967 bits per heavy atom. The average molecular weight is 397 g/mol. The molecule has 0 aliphatic heterocycles. The van der Waals surface area contributed by atoms with E-state index in [0.717, 1.165) is 22.8 Å². The highest BCUT2D eigenvalue weighted by atomic mass is 19.1. The summed E-state index contributed by atoms with van der Waals surface area (Å²) in [6.07, 6.45) is 0. The summed E-state index contributed by atoms with van der Waals surface area (Å²) in [6.45, 7) is 4.81. The normalized spacial score (nSPS) is 11.4. The second-order valence-electron chi connectivity index (χ2n) is 7.42. The second-order valence-corrected chi connectivity index (χ2v) is 7.42. The van der Waals surface area contributed by atoms with Crippen LogP contribution in [0.3, 0.4) is 0 Å². The molecule has 30 heavy (non-hydrogen) atoms. The number of carbonyl (C=O) groups is 1. The van der Waals surface area contributed by atoms with Crippen molar-refractivity contribution in [1.29, 1.82) is 0 Å². The molecule has 2 heterocycles. The minimum atomic E-state index is -0.393. The maximum absolute atomic E-state index is 13.8. The molecular formula is C25H20FN3O. The number of para-hydroxylation sites is 1. The molecule has 0 fully saturated rings. The largest absolute Gasteiger partial charge is 0.341 e. The minimum Gasteiger partial charge on any atom is -0.341 e. The van der Waals surface area contributed by atoms with Gasteiger partial charge in [0.05, 0.1) is 11.1 Å². The molecule has 0 saturated carbocycles. The van der Waals surface area contributed by atoms with Gasteiger partial charge < -0.3 is 9.88 Å². The molecule has 1 amide bonds. The van der Waals surface area contributed by atoms with Gasteiger partial charge >= 0.3 is 0 Å². The quantitative estimate of drug-likeness (QED) is 0.402. The first-order chi connectivity index (χ1) is 14.5. The molecule has 2 aromatic heterocycles. The lowest BCUT2D eigenvalue weighted by Crippen LogP contribution is -2.13. The molecule has 0 spiro atoms. The maximum atomic E-state index is 13.8. The fourth-order valence-electron chi connectivity index (χ4n) is 4.19. The fraction of sp³-hybridized carbons (Fsp3) is 0.120. The lowest BCUT2D eigenvalue weighted by atomic mass is 10.1. The Bertz CT molecular complexity index is 1450. The summed E-state index contributed by atoms with van der Waals surface area (Å²) in [7, 11) is 0. The lowest BCUT2D eigenvalue weighted by Gasteiger charge is -2.10. The third kappa shape index (κ3) is 2.90. The molecule has 148 valence electrons. The highest BCUT2D eigenvalue weighted by Crippen LogP contribution is 2.31. The van der Waals surface area contributed by atoms with E-state index in [1.807, 2.05) is 37.3 Å². The number of anilines is 1. The summed E-state index contributed by atoms with van der Waals surface area (Å²) >= 11 is 0. The molecule has 5 heteroatoms. The molecule has 0 aliphatic carbocycles. The van der Waals surface area contributed by atoms with Gasteiger partial charge in [0.1, 0.15) is 5.82 Å². The van der Waals surface area contributed by atoms with E-state index >= 15 is 0 Å². The Balaban J connectivity index is 1.60. The lowest BCUT2D eigenvalue weighted by molar-refractivity contribution is 0.102. The Hall–Kier alpha value is -3.73. The van der Waals surface area contributed by atoms with Gasteiger partial charge in [-0.1, -0.05) is 18.2 Å². The van der Waals surface area contributed by atoms with E-state index in [0.29, 0.717) is 27.8 Å².